The molecule has 0 aromatic heterocycles. The van der Waals surface area contributed by atoms with Gasteiger partial charge in [-0.25, -0.2) is 0 Å². The first-order chi connectivity index (χ1) is 10.1. The zero-order valence-corrected chi connectivity index (χ0v) is 12.9. The molecular formula is C17H25NO3. The predicted molar refractivity (Wildman–Crippen MR) is 81.6 cm³/mol. The van der Waals surface area contributed by atoms with Gasteiger partial charge in [0, 0.05) is 37.5 Å². The summed E-state index contributed by atoms with van der Waals surface area (Å²) in [5.41, 5.74) is 8.20. The van der Waals surface area contributed by atoms with Crippen LogP contribution in [0, 0.1) is 6.92 Å². The van der Waals surface area contributed by atoms with Crippen LogP contribution in [0.4, 0.5) is 0 Å². The third-order valence-corrected chi connectivity index (χ3v) is 4.47. The Kier molecular flexibility index (Phi) is 4.20. The van der Waals surface area contributed by atoms with E-state index in [-0.39, 0.29) is 17.7 Å². The van der Waals surface area contributed by atoms with Crippen LogP contribution in [0.15, 0.2) is 18.2 Å². The molecule has 1 aromatic carbocycles. The molecule has 0 aliphatic carbocycles. The van der Waals surface area contributed by atoms with Crippen LogP contribution in [-0.2, 0) is 9.47 Å². The highest BCUT2D eigenvalue weighted by Crippen LogP contribution is 2.35. The molecule has 0 amide bonds. The monoisotopic (exact) mass is 291 g/mol. The van der Waals surface area contributed by atoms with Gasteiger partial charge >= 0.3 is 0 Å². The van der Waals surface area contributed by atoms with E-state index in [1.165, 1.54) is 5.56 Å². The van der Waals surface area contributed by atoms with E-state index in [0.29, 0.717) is 6.61 Å². The summed E-state index contributed by atoms with van der Waals surface area (Å²) in [6, 6.07) is 6.22. The molecule has 1 spiro atoms. The standard InChI is InChI=1S/C17H25NO3/c1-12-3-4-15(13(2)18)16(9-12)21-14-5-7-20-17(10-14)6-8-19-11-17/h3-4,9,13-14H,5-8,10-11,18H2,1-2H3/t13-,14?,17?/m0/s1. The van der Waals surface area contributed by atoms with Gasteiger partial charge in [-0.2, -0.15) is 0 Å². The minimum Gasteiger partial charge on any atom is -0.490 e. The van der Waals surface area contributed by atoms with Crippen molar-refractivity contribution in [3.8, 4) is 5.75 Å². The summed E-state index contributed by atoms with van der Waals surface area (Å²) < 4.78 is 17.8. The normalized spacial score (nSPS) is 30.5. The lowest BCUT2D eigenvalue weighted by molar-refractivity contribution is -0.112. The highest BCUT2D eigenvalue weighted by atomic mass is 16.6. The molecule has 3 rings (SSSR count). The Labute approximate surface area is 126 Å². The van der Waals surface area contributed by atoms with Gasteiger partial charge in [0.2, 0.25) is 0 Å². The van der Waals surface area contributed by atoms with E-state index in [0.717, 1.165) is 43.8 Å². The topological polar surface area (TPSA) is 53.7 Å². The van der Waals surface area contributed by atoms with Gasteiger partial charge in [-0.3, -0.25) is 0 Å². The van der Waals surface area contributed by atoms with Crippen LogP contribution in [0.2, 0.25) is 0 Å². The molecule has 21 heavy (non-hydrogen) atoms. The average Bonchev–Trinajstić information content (AvgIpc) is 2.86. The maximum absolute atomic E-state index is 6.30. The average molecular weight is 291 g/mol. The van der Waals surface area contributed by atoms with Gasteiger partial charge in [0.15, 0.2) is 0 Å². The number of hydrogen-bond acceptors (Lipinski definition) is 4. The van der Waals surface area contributed by atoms with Gasteiger partial charge in [0.25, 0.3) is 0 Å². The first kappa shape index (κ1) is 14.8. The number of ether oxygens (including phenoxy) is 3. The lowest BCUT2D eigenvalue weighted by Gasteiger charge is -2.37. The Bertz CT molecular complexity index is 495. The molecule has 2 aliphatic rings. The molecule has 0 bridgehead atoms. The molecule has 1 aromatic rings. The summed E-state index contributed by atoms with van der Waals surface area (Å²) in [6.45, 7) is 6.30. The third-order valence-electron chi connectivity index (χ3n) is 4.47. The van der Waals surface area contributed by atoms with Crippen LogP contribution in [0.1, 0.15) is 43.4 Å². The fourth-order valence-electron chi connectivity index (χ4n) is 3.25. The van der Waals surface area contributed by atoms with Crippen LogP contribution in [0.5, 0.6) is 5.75 Å². The van der Waals surface area contributed by atoms with E-state index < -0.39 is 0 Å². The zero-order valence-electron chi connectivity index (χ0n) is 12.9. The van der Waals surface area contributed by atoms with Gasteiger partial charge in [-0.1, -0.05) is 12.1 Å². The highest BCUT2D eigenvalue weighted by molar-refractivity contribution is 5.39. The molecule has 2 saturated heterocycles. The molecule has 0 saturated carbocycles. The van der Waals surface area contributed by atoms with Crippen molar-refractivity contribution < 1.29 is 14.2 Å². The number of benzene rings is 1. The van der Waals surface area contributed by atoms with Crippen molar-refractivity contribution in [3.63, 3.8) is 0 Å². The fourth-order valence-corrected chi connectivity index (χ4v) is 3.25. The summed E-state index contributed by atoms with van der Waals surface area (Å²) >= 11 is 0. The Morgan fingerprint density at radius 3 is 2.95 bits per heavy atom. The Morgan fingerprint density at radius 1 is 1.38 bits per heavy atom. The molecule has 4 heteroatoms. The maximum atomic E-state index is 6.30. The van der Waals surface area contributed by atoms with Crippen LogP contribution >= 0.6 is 0 Å². The van der Waals surface area contributed by atoms with Crippen molar-refractivity contribution >= 4 is 0 Å². The second kappa shape index (κ2) is 5.95. The molecular weight excluding hydrogens is 266 g/mol. The zero-order chi connectivity index (χ0) is 14.9. The van der Waals surface area contributed by atoms with Crippen molar-refractivity contribution in [2.24, 2.45) is 5.73 Å². The minimum absolute atomic E-state index is 0.0239. The van der Waals surface area contributed by atoms with Crippen LogP contribution in [0.25, 0.3) is 0 Å². The summed E-state index contributed by atoms with van der Waals surface area (Å²) in [6.07, 6.45) is 2.98. The van der Waals surface area contributed by atoms with E-state index in [2.05, 4.69) is 25.1 Å². The quantitative estimate of drug-likeness (QED) is 0.930. The molecule has 2 N–H and O–H groups in total. The molecule has 116 valence electrons. The fraction of sp³-hybridized carbons (Fsp3) is 0.647. The van der Waals surface area contributed by atoms with E-state index in [1.807, 2.05) is 6.92 Å². The summed E-state index contributed by atoms with van der Waals surface area (Å²) in [7, 11) is 0. The summed E-state index contributed by atoms with van der Waals surface area (Å²) in [5.74, 6) is 0.922. The highest BCUT2D eigenvalue weighted by Gasteiger charge is 2.41. The lowest BCUT2D eigenvalue weighted by atomic mass is 9.91. The Hall–Kier alpha value is -1.10. The number of hydrogen-bond donors (Lipinski definition) is 1. The van der Waals surface area contributed by atoms with Gasteiger partial charge in [-0.15, -0.1) is 0 Å². The van der Waals surface area contributed by atoms with E-state index in [1.54, 1.807) is 0 Å². The number of aryl methyl sites for hydroxylation is 1. The van der Waals surface area contributed by atoms with E-state index >= 15 is 0 Å². The SMILES string of the molecule is Cc1ccc([C@H](C)N)c(OC2CCOC3(CCOC3)C2)c1. The van der Waals surface area contributed by atoms with Gasteiger partial charge < -0.3 is 19.9 Å². The van der Waals surface area contributed by atoms with Crippen LogP contribution in [0.3, 0.4) is 0 Å². The molecule has 0 radical (unpaired) electrons. The van der Waals surface area contributed by atoms with Crippen molar-refractivity contribution in [1.29, 1.82) is 0 Å². The van der Waals surface area contributed by atoms with Crippen LogP contribution in [-0.4, -0.2) is 31.5 Å². The third kappa shape index (κ3) is 3.23. The molecule has 2 fully saturated rings. The van der Waals surface area contributed by atoms with Crippen molar-refractivity contribution in [3.05, 3.63) is 29.3 Å². The van der Waals surface area contributed by atoms with Crippen molar-refractivity contribution in [1.82, 2.24) is 0 Å². The van der Waals surface area contributed by atoms with E-state index in [4.69, 9.17) is 19.9 Å². The van der Waals surface area contributed by atoms with Crippen molar-refractivity contribution in [2.75, 3.05) is 19.8 Å². The summed E-state index contributed by atoms with van der Waals surface area (Å²) in [5, 5.41) is 0. The molecule has 4 nitrogen and oxygen atoms in total. The van der Waals surface area contributed by atoms with Crippen LogP contribution < -0.4 is 10.5 Å². The smallest absolute Gasteiger partial charge is 0.124 e. The Balaban J connectivity index is 1.75. The maximum Gasteiger partial charge on any atom is 0.124 e. The Morgan fingerprint density at radius 2 is 2.24 bits per heavy atom. The first-order valence-electron chi connectivity index (χ1n) is 7.82. The minimum atomic E-state index is -0.124. The van der Waals surface area contributed by atoms with E-state index in [9.17, 15) is 0 Å². The lowest BCUT2D eigenvalue weighted by Crippen LogP contribution is -2.44. The largest absolute Gasteiger partial charge is 0.490 e. The van der Waals surface area contributed by atoms with Gasteiger partial charge in [-0.05, 0) is 25.5 Å². The molecule has 3 atom stereocenters. The van der Waals surface area contributed by atoms with Gasteiger partial charge in [0.05, 0.1) is 18.8 Å². The second-order valence-electron chi connectivity index (χ2n) is 6.40. The van der Waals surface area contributed by atoms with Gasteiger partial charge in [0.1, 0.15) is 11.9 Å². The summed E-state index contributed by atoms with van der Waals surface area (Å²) in [4.78, 5) is 0. The number of nitrogens with two attached hydrogens (primary N) is 1. The second-order valence-corrected chi connectivity index (χ2v) is 6.40. The van der Waals surface area contributed by atoms with Crippen molar-refractivity contribution in [2.45, 2.75) is 50.9 Å². The first-order valence-corrected chi connectivity index (χ1v) is 7.82. The molecule has 2 heterocycles. The molecule has 2 aliphatic heterocycles. The molecule has 2 unspecified atom stereocenters. The number of rotatable bonds is 3. The predicted octanol–water partition coefficient (Wildman–Crippen LogP) is 2.73.